The summed E-state index contributed by atoms with van der Waals surface area (Å²) in [5.74, 6) is -5.10. The van der Waals surface area contributed by atoms with Crippen molar-refractivity contribution in [1.29, 1.82) is 0 Å². The minimum Gasteiger partial charge on any atom is -0.478 e. The Hall–Kier alpha value is -2.53. The molecule has 0 spiro atoms. The summed E-state index contributed by atoms with van der Waals surface area (Å²) in [7, 11) is 7.12. The van der Waals surface area contributed by atoms with Crippen molar-refractivity contribution < 1.29 is 106 Å². The van der Waals surface area contributed by atoms with Gasteiger partial charge in [0.2, 0.25) is 0 Å². The summed E-state index contributed by atoms with van der Waals surface area (Å²) in [6.45, 7) is 18.0. The number of carboxylic acid groups (broad SMARTS) is 2. The topological polar surface area (TPSA) is 412 Å². The molecule has 3 fully saturated rings. The number of rotatable bonds is 9. The third-order valence-corrected chi connectivity index (χ3v) is 12.6. The molecule has 3 rings (SSSR count). The second-order valence-corrected chi connectivity index (χ2v) is 18.2. The van der Waals surface area contributed by atoms with Crippen molar-refractivity contribution in [3.8, 4) is 0 Å². The van der Waals surface area contributed by atoms with E-state index < -0.39 is 108 Å². The lowest BCUT2D eigenvalue weighted by molar-refractivity contribution is -0.318. The van der Waals surface area contributed by atoms with Gasteiger partial charge in [0, 0.05) is 50.2 Å². The van der Waals surface area contributed by atoms with Gasteiger partial charge in [0.25, 0.3) is 0 Å². The normalized spacial score (nSPS) is 40.9. The first-order valence-corrected chi connectivity index (χ1v) is 20.9. The maximum atomic E-state index is 14.2. The van der Waals surface area contributed by atoms with Crippen molar-refractivity contribution in [2.75, 3.05) is 34.8 Å². The molecule has 0 bridgehead atoms. The molecule has 0 saturated carbocycles. The Morgan fingerprint density at radius 2 is 1.38 bits per heavy atom. The van der Waals surface area contributed by atoms with Crippen LogP contribution in [0.15, 0.2) is 12.2 Å². The van der Waals surface area contributed by atoms with E-state index in [4.69, 9.17) is 38.6 Å². The van der Waals surface area contributed by atoms with Crippen LogP contribution in [0.1, 0.15) is 94.9 Å². The summed E-state index contributed by atoms with van der Waals surface area (Å²) < 4.78 is 37.5. The Morgan fingerprint density at radius 3 is 1.85 bits per heavy atom. The van der Waals surface area contributed by atoms with Gasteiger partial charge in [0.15, 0.2) is 12.6 Å². The smallest absolute Gasteiger partial charge is 0.328 e. The first-order chi connectivity index (χ1) is 27.5. The zero-order valence-corrected chi connectivity index (χ0v) is 40.5. The fraction of sp³-hybridized carbons (Fsp3) is 0.881. The Labute approximate surface area is 383 Å². The monoisotopic (exact) mass is 955 g/mol. The Bertz CT molecular complexity index is 1410. The van der Waals surface area contributed by atoms with Crippen LogP contribution in [0.5, 0.6) is 0 Å². The quantitative estimate of drug-likeness (QED) is 0.0927. The molecular formula is C42H86N2O21. The number of aliphatic hydroxyl groups excluding tert-OH is 3. The van der Waals surface area contributed by atoms with Crippen LogP contribution in [-0.4, -0.2) is 216 Å². The zero-order chi connectivity index (χ0) is 46.2. The van der Waals surface area contributed by atoms with Crippen molar-refractivity contribution in [1.82, 2.24) is 9.80 Å². The number of esters is 1. The van der Waals surface area contributed by atoms with E-state index >= 15 is 0 Å². The summed E-state index contributed by atoms with van der Waals surface area (Å²) in [5, 5.41) is 73.8. The van der Waals surface area contributed by atoms with Crippen LogP contribution in [0.25, 0.3) is 0 Å². The Kier molecular flexibility index (Phi) is 30.5. The highest BCUT2D eigenvalue weighted by atomic mass is 16.7. The Morgan fingerprint density at radius 1 is 0.862 bits per heavy atom. The SMILES string of the molecule is CC[C@H]1OC(=O)[C@H](C)[C@@H](O[C@H]2C[C@@](C)(OC)[C@@H](O)[C@H](C)O2)[C@H](C)[C@@H](O[C@@H]2O[C@H](C)C[C@H](N(C)C)[C@H]2O)[C@](C)(O)C[C@@H](C)CN(C)[C@H](C)[C@@H](O)[C@]1(C)O.O.O.O.O.O.O=C(O)/C=C/C(=O)O. The average molecular weight is 955 g/mol. The van der Waals surface area contributed by atoms with E-state index in [1.807, 2.05) is 51.7 Å². The van der Waals surface area contributed by atoms with Gasteiger partial charge in [-0.2, -0.15) is 0 Å². The van der Waals surface area contributed by atoms with Crippen molar-refractivity contribution in [3.05, 3.63) is 12.2 Å². The Balaban J connectivity index is -0.00000130. The molecule has 3 saturated heterocycles. The van der Waals surface area contributed by atoms with Gasteiger partial charge in [-0.1, -0.05) is 20.8 Å². The van der Waals surface area contributed by atoms with Crippen LogP contribution in [0, 0.1) is 17.8 Å². The lowest BCUT2D eigenvalue weighted by Gasteiger charge is -2.48. The number of hydrogen-bond donors (Lipinski definition) is 7. The van der Waals surface area contributed by atoms with E-state index in [1.54, 1.807) is 41.5 Å². The molecule has 0 aliphatic carbocycles. The number of ether oxygens (including phenoxy) is 6. The number of aliphatic hydroxyl groups is 5. The highest BCUT2D eigenvalue weighted by Gasteiger charge is 2.52. The van der Waals surface area contributed by atoms with E-state index in [0.29, 0.717) is 25.1 Å². The molecule has 0 unspecified atom stereocenters. The summed E-state index contributed by atoms with van der Waals surface area (Å²) in [5.41, 5.74) is -4.37. The van der Waals surface area contributed by atoms with Crippen LogP contribution in [0.4, 0.5) is 0 Å². The third-order valence-electron chi connectivity index (χ3n) is 12.6. The molecule has 23 heteroatoms. The van der Waals surface area contributed by atoms with E-state index in [1.165, 1.54) is 14.0 Å². The molecule has 0 aromatic heterocycles. The highest BCUT2D eigenvalue weighted by Crippen LogP contribution is 2.40. The number of aliphatic carboxylic acids is 2. The molecule has 390 valence electrons. The van der Waals surface area contributed by atoms with Gasteiger partial charge in [-0.05, 0) is 94.8 Å². The number of methoxy groups -OCH3 is 1. The summed E-state index contributed by atoms with van der Waals surface area (Å²) in [4.78, 5) is 37.2. The molecule has 3 heterocycles. The standard InChI is InChI=1S/C38H72N2O12.C4H4O4.5H2O/c1-15-27-38(10,46)31(42)24(6)40(13)19-20(2)17-36(8,45)33(52-35-29(41)26(39(11)12)16-21(3)48-35)22(4)30(23(5)34(44)50-27)51-28-18-37(9,47-14)32(43)25(7)49-28;5-3(6)1-2-4(7)8;;;;;/h20-33,35,41-43,45-46H,15-19H2,1-14H3;1-2H,(H,5,6)(H,7,8);5*1H2/b;2-1+;;;;;/t20-,21-,22+,23-,24-,25+,26+,27-,28+,29-,30+,31-,32+,33-,35+,36-,37-,38-;;;;;;/m1....../s1. The molecule has 0 aromatic carbocycles. The molecule has 0 amide bonds. The summed E-state index contributed by atoms with van der Waals surface area (Å²) in [6.07, 6.45) is -7.07. The molecule has 3 aliphatic heterocycles. The number of carbonyl (C=O) groups excluding carboxylic acids is 1. The van der Waals surface area contributed by atoms with E-state index in [-0.39, 0.29) is 64.7 Å². The number of likely N-dealkylation sites (N-methyl/N-ethyl adjacent to an activating group) is 2. The van der Waals surface area contributed by atoms with Gasteiger partial charge < -0.3 is 101 Å². The van der Waals surface area contributed by atoms with Crippen molar-refractivity contribution in [3.63, 3.8) is 0 Å². The van der Waals surface area contributed by atoms with Gasteiger partial charge in [0.05, 0.1) is 41.5 Å². The first kappa shape index (κ1) is 69.0. The average Bonchev–Trinajstić information content (AvgIpc) is 3.15. The molecule has 65 heavy (non-hydrogen) atoms. The summed E-state index contributed by atoms with van der Waals surface area (Å²) >= 11 is 0. The van der Waals surface area contributed by atoms with Crippen LogP contribution in [0.3, 0.4) is 0 Å². The van der Waals surface area contributed by atoms with Crippen molar-refractivity contribution >= 4 is 17.9 Å². The van der Waals surface area contributed by atoms with Crippen LogP contribution < -0.4 is 0 Å². The molecule has 17 N–H and O–H groups in total. The molecule has 18 atom stereocenters. The zero-order valence-electron chi connectivity index (χ0n) is 40.5. The van der Waals surface area contributed by atoms with Gasteiger partial charge in [-0.25, -0.2) is 9.59 Å². The van der Waals surface area contributed by atoms with Gasteiger partial charge in [-0.15, -0.1) is 0 Å². The molecule has 0 aromatic rings. The maximum Gasteiger partial charge on any atom is 0.328 e. The number of cyclic esters (lactones) is 1. The van der Waals surface area contributed by atoms with E-state index in [2.05, 4.69) is 0 Å². The van der Waals surface area contributed by atoms with Crippen LogP contribution >= 0.6 is 0 Å². The minimum atomic E-state index is -1.80. The minimum absolute atomic E-state index is 0. The number of carbonyl (C=O) groups is 3. The lowest BCUT2D eigenvalue weighted by atomic mass is 9.77. The predicted octanol–water partition coefficient (Wildman–Crippen LogP) is -2.51. The predicted molar refractivity (Wildman–Crippen MR) is 237 cm³/mol. The second kappa shape index (κ2) is 28.7. The summed E-state index contributed by atoms with van der Waals surface area (Å²) in [6, 6.07) is -0.808. The fourth-order valence-corrected chi connectivity index (χ4v) is 8.88. The lowest BCUT2D eigenvalue weighted by Crippen LogP contribution is -2.60. The number of carboxylic acids is 2. The molecule has 3 aliphatic rings. The third kappa shape index (κ3) is 18.1. The first-order valence-electron chi connectivity index (χ1n) is 20.9. The van der Waals surface area contributed by atoms with Crippen LogP contribution in [-0.2, 0) is 42.8 Å². The molecule has 0 radical (unpaired) electrons. The second-order valence-electron chi connectivity index (χ2n) is 18.2. The van der Waals surface area contributed by atoms with E-state index in [9.17, 15) is 39.9 Å². The maximum absolute atomic E-state index is 14.2. The van der Waals surface area contributed by atoms with Gasteiger partial charge in [0.1, 0.15) is 30.0 Å². The fourth-order valence-electron chi connectivity index (χ4n) is 8.88. The van der Waals surface area contributed by atoms with Gasteiger partial charge in [-0.3, -0.25) is 4.79 Å². The van der Waals surface area contributed by atoms with Gasteiger partial charge >= 0.3 is 17.9 Å². The molecular weight excluding hydrogens is 868 g/mol. The van der Waals surface area contributed by atoms with Crippen molar-refractivity contribution in [2.45, 2.75) is 185 Å². The number of hydrogen-bond acceptors (Lipinski definition) is 16. The largest absolute Gasteiger partial charge is 0.478 e. The molecule has 23 nitrogen and oxygen atoms in total. The highest BCUT2D eigenvalue weighted by molar-refractivity contribution is 5.89. The van der Waals surface area contributed by atoms with Crippen molar-refractivity contribution in [2.24, 2.45) is 17.8 Å². The van der Waals surface area contributed by atoms with E-state index in [0.717, 1.165) is 0 Å². The number of nitrogens with zero attached hydrogens (tertiary/aromatic N) is 2. The van der Waals surface area contributed by atoms with Crippen LogP contribution in [0.2, 0.25) is 0 Å².